The number of benzene rings is 2. The first-order valence-electron chi connectivity index (χ1n) is 10.2. The summed E-state index contributed by atoms with van der Waals surface area (Å²) in [5.41, 5.74) is 1.99. The predicted molar refractivity (Wildman–Crippen MR) is 118 cm³/mol. The summed E-state index contributed by atoms with van der Waals surface area (Å²) in [7, 11) is 1.60. The standard InChI is InChI=1S/C23H25BrN2O4/c1-14-6-7-15(12-19(14)30-2)25-22(29)23(10-4-3-5-11-23)26-13-17-16(21(26)28)8-9-18(27)20(17)24/h6-9,12,27H,3-5,10-11,13H2,1-2H3,(H,25,29). The number of halogens is 1. The third-order valence-electron chi connectivity index (χ3n) is 6.30. The van der Waals surface area contributed by atoms with E-state index in [1.54, 1.807) is 24.1 Å². The van der Waals surface area contributed by atoms with Crippen molar-refractivity contribution in [2.45, 2.75) is 51.1 Å². The van der Waals surface area contributed by atoms with Crippen molar-refractivity contribution in [2.75, 3.05) is 12.4 Å². The van der Waals surface area contributed by atoms with Crippen LogP contribution in [0.1, 0.15) is 53.6 Å². The summed E-state index contributed by atoms with van der Waals surface area (Å²) in [4.78, 5) is 28.6. The molecule has 1 saturated carbocycles. The van der Waals surface area contributed by atoms with E-state index in [-0.39, 0.29) is 17.6 Å². The van der Waals surface area contributed by atoms with Gasteiger partial charge in [0.15, 0.2) is 0 Å². The van der Waals surface area contributed by atoms with E-state index >= 15 is 0 Å². The van der Waals surface area contributed by atoms with Crippen molar-refractivity contribution in [3.05, 3.63) is 51.5 Å². The molecule has 1 aliphatic carbocycles. The maximum absolute atomic E-state index is 13.6. The van der Waals surface area contributed by atoms with Crippen LogP contribution in [0.3, 0.4) is 0 Å². The van der Waals surface area contributed by atoms with Crippen LogP contribution in [0.2, 0.25) is 0 Å². The number of phenolic OH excluding ortho intramolecular Hbond substituents is 1. The first-order chi connectivity index (χ1) is 14.4. The molecular formula is C23H25BrN2O4. The van der Waals surface area contributed by atoms with Gasteiger partial charge in [0.05, 0.1) is 11.6 Å². The molecule has 6 nitrogen and oxygen atoms in total. The molecule has 1 heterocycles. The molecular weight excluding hydrogens is 448 g/mol. The van der Waals surface area contributed by atoms with Crippen LogP contribution in [-0.4, -0.2) is 34.5 Å². The number of hydrogen-bond acceptors (Lipinski definition) is 4. The third kappa shape index (κ3) is 3.35. The second-order valence-electron chi connectivity index (χ2n) is 8.05. The number of ether oxygens (including phenoxy) is 1. The zero-order chi connectivity index (χ0) is 21.5. The van der Waals surface area contributed by atoms with Crippen LogP contribution in [0.4, 0.5) is 5.69 Å². The summed E-state index contributed by atoms with van der Waals surface area (Å²) in [5.74, 6) is 0.464. The van der Waals surface area contributed by atoms with Crippen molar-refractivity contribution in [2.24, 2.45) is 0 Å². The number of amides is 2. The van der Waals surface area contributed by atoms with Gasteiger partial charge >= 0.3 is 0 Å². The molecule has 2 aromatic rings. The molecule has 30 heavy (non-hydrogen) atoms. The van der Waals surface area contributed by atoms with Crippen LogP contribution in [0.25, 0.3) is 0 Å². The predicted octanol–water partition coefficient (Wildman–Crippen LogP) is 4.77. The molecule has 4 rings (SSSR count). The Hall–Kier alpha value is -2.54. The summed E-state index contributed by atoms with van der Waals surface area (Å²) in [5, 5.41) is 13.1. The Balaban J connectivity index is 1.68. The summed E-state index contributed by atoms with van der Waals surface area (Å²) >= 11 is 3.40. The zero-order valence-electron chi connectivity index (χ0n) is 17.1. The van der Waals surface area contributed by atoms with Crippen molar-refractivity contribution in [1.29, 1.82) is 0 Å². The average molecular weight is 473 g/mol. The number of nitrogens with zero attached hydrogens (tertiary/aromatic N) is 1. The molecule has 0 aromatic heterocycles. The second kappa shape index (κ2) is 7.95. The minimum Gasteiger partial charge on any atom is -0.507 e. The van der Waals surface area contributed by atoms with Crippen LogP contribution < -0.4 is 10.1 Å². The average Bonchev–Trinajstić information content (AvgIpc) is 3.10. The van der Waals surface area contributed by atoms with Crippen molar-refractivity contribution in [3.8, 4) is 11.5 Å². The summed E-state index contributed by atoms with van der Waals surface area (Å²) in [6.45, 7) is 2.24. The molecule has 2 aliphatic rings. The first kappa shape index (κ1) is 20.7. The molecule has 0 bridgehead atoms. The van der Waals surface area contributed by atoms with Crippen molar-refractivity contribution in [1.82, 2.24) is 4.90 Å². The number of carbonyl (C=O) groups excluding carboxylic acids is 2. The highest BCUT2D eigenvalue weighted by atomic mass is 79.9. The molecule has 0 spiro atoms. The minimum absolute atomic E-state index is 0.0947. The molecule has 7 heteroatoms. The maximum Gasteiger partial charge on any atom is 0.255 e. The highest BCUT2D eigenvalue weighted by Gasteiger charge is 2.50. The molecule has 0 saturated heterocycles. The van der Waals surface area contributed by atoms with Gasteiger partial charge in [-0.2, -0.15) is 0 Å². The Morgan fingerprint density at radius 3 is 2.63 bits per heavy atom. The lowest BCUT2D eigenvalue weighted by molar-refractivity contribution is -0.129. The molecule has 158 valence electrons. The van der Waals surface area contributed by atoms with E-state index in [9.17, 15) is 14.7 Å². The zero-order valence-corrected chi connectivity index (χ0v) is 18.7. The van der Waals surface area contributed by atoms with Crippen molar-refractivity contribution < 1.29 is 19.4 Å². The van der Waals surface area contributed by atoms with Gasteiger partial charge in [0.25, 0.3) is 5.91 Å². The number of hydrogen-bond donors (Lipinski definition) is 2. The highest BCUT2D eigenvalue weighted by Crippen LogP contribution is 2.43. The van der Waals surface area contributed by atoms with E-state index in [2.05, 4.69) is 21.2 Å². The van der Waals surface area contributed by atoms with E-state index in [4.69, 9.17) is 4.74 Å². The Labute approximate surface area is 184 Å². The fourth-order valence-corrected chi connectivity index (χ4v) is 5.06. The van der Waals surface area contributed by atoms with Gasteiger partial charge in [-0.3, -0.25) is 9.59 Å². The highest BCUT2D eigenvalue weighted by molar-refractivity contribution is 9.10. The lowest BCUT2D eigenvalue weighted by atomic mass is 9.79. The molecule has 0 unspecified atom stereocenters. The monoisotopic (exact) mass is 472 g/mol. The molecule has 2 amide bonds. The van der Waals surface area contributed by atoms with Crippen molar-refractivity contribution >= 4 is 33.4 Å². The van der Waals surface area contributed by atoms with Gasteiger partial charge in [0, 0.05) is 29.4 Å². The smallest absolute Gasteiger partial charge is 0.255 e. The Kier molecular flexibility index (Phi) is 5.49. The number of anilines is 1. The number of nitrogens with one attached hydrogen (secondary N) is 1. The third-order valence-corrected chi connectivity index (χ3v) is 7.19. The number of rotatable bonds is 4. The summed E-state index contributed by atoms with van der Waals surface area (Å²) < 4.78 is 5.90. The van der Waals surface area contributed by atoms with Gasteiger partial charge in [-0.05, 0) is 59.5 Å². The van der Waals surface area contributed by atoms with Gasteiger partial charge in [-0.15, -0.1) is 0 Å². The molecule has 0 atom stereocenters. The number of fused-ring (bicyclic) bond motifs is 1. The van der Waals surface area contributed by atoms with E-state index in [0.717, 1.165) is 30.4 Å². The van der Waals surface area contributed by atoms with Crippen molar-refractivity contribution in [3.63, 3.8) is 0 Å². The topological polar surface area (TPSA) is 78.9 Å². The lowest BCUT2D eigenvalue weighted by Crippen LogP contribution is -2.58. The van der Waals surface area contributed by atoms with Crippen LogP contribution in [0.15, 0.2) is 34.8 Å². The minimum atomic E-state index is -0.915. The van der Waals surface area contributed by atoms with Gasteiger partial charge in [0.2, 0.25) is 5.91 Å². The Bertz CT molecular complexity index is 1010. The van der Waals surface area contributed by atoms with E-state index < -0.39 is 5.54 Å². The summed E-state index contributed by atoms with van der Waals surface area (Å²) in [6.07, 6.45) is 4.05. The molecule has 2 N–H and O–H groups in total. The largest absolute Gasteiger partial charge is 0.507 e. The number of phenols is 1. The Morgan fingerprint density at radius 2 is 1.93 bits per heavy atom. The van der Waals surface area contributed by atoms with Gasteiger partial charge in [0.1, 0.15) is 17.0 Å². The van der Waals surface area contributed by atoms with E-state index in [1.165, 1.54) is 6.07 Å². The number of aromatic hydroxyl groups is 1. The second-order valence-corrected chi connectivity index (χ2v) is 8.84. The molecule has 1 fully saturated rings. The van der Waals surface area contributed by atoms with Gasteiger partial charge in [-0.25, -0.2) is 0 Å². The van der Waals surface area contributed by atoms with Crippen LogP contribution >= 0.6 is 15.9 Å². The number of methoxy groups -OCH3 is 1. The van der Waals surface area contributed by atoms with Gasteiger partial charge < -0.3 is 20.1 Å². The number of aryl methyl sites for hydroxylation is 1. The van der Waals surface area contributed by atoms with E-state index in [0.29, 0.717) is 40.9 Å². The Morgan fingerprint density at radius 1 is 1.20 bits per heavy atom. The van der Waals surface area contributed by atoms with Crippen LogP contribution in [-0.2, 0) is 11.3 Å². The SMILES string of the molecule is COc1cc(NC(=O)C2(N3Cc4c(ccc(O)c4Br)C3=O)CCCCC2)ccc1C. The van der Waals surface area contributed by atoms with Crippen LogP contribution in [0.5, 0.6) is 11.5 Å². The fourth-order valence-electron chi connectivity index (χ4n) is 4.59. The molecule has 2 aromatic carbocycles. The van der Waals surface area contributed by atoms with Gasteiger partial charge in [-0.1, -0.05) is 25.3 Å². The lowest BCUT2D eigenvalue weighted by Gasteiger charge is -2.43. The quantitative estimate of drug-likeness (QED) is 0.671. The molecule has 0 radical (unpaired) electrons. The fraction of sp³-hybridized carbons (Fsp3) is 0.391. The first-order valence-corrected chi connectivity index (χ1v) is 10.9. The van der Waals surface area contributed by atoms with Crippen LogP contribution in [0, 0.1) is 6.92 Å². The van der Waals surface area contributed by atoms with E-state index in [1.807, 2.05) is 19.1 Å². The molecule has 1 aliphatic heterocycles. The summed E-state index contributed by atoms with van der Waals surface area (Å²) in [6, 6.07) is 8.70. The maximum atomic E-state index is 13.6. The normalized spacial score (nSPS) is 17.6. The number of carbonyl (C=O) groups is 2.